The van der Waals surface area contributed by atoms with E-state index in [1.807, 2.05) is 34.9 Å². The Morgan fingerprint density at radius 3 is 2.80 bits per heavy atom. The van der Waals surface area contributed by atoms with Gasteiger partial charge in [-0.25, -0.2) is 9.37 Å². The molecule has 5 nitrogen and oxygen atoms in total. The number of aliphatic hydroxyl groups excluding tert-OH is 1. The second-order valence-corrected chi connectivity index (χ2v) is 9.47. The van der Waals surface area contributed by atoms with Gasteiger partial charge in [0, 0.05) is 34.9 Å². The highest BCUT2D eigenvalue weighted by Gasteiger charge is 2.34. The second kappa shape index (κ2) is 8.23. The van der Waals surface area contributed by atoms with Gasteiger partial charge in [0.15, 0.2) is 5.65 Å². The Balaban J connectivity index is 1.49. The Bertz CT molecular complexity index is 1580. The zero-order valence-corrected chi connectivity index (χ0v) is 19.7. The van der Waals surface area contributed by atoms with Crippen molar-refractivity contribution < 1.29 is 14.2 Å². The fourth-order valence-electron chi connectivity index (χ4n) is 4.89. The van der Waals surface area contributed by atoms with Crippen molar-refractivity contribution in [2.45, 2.75) is 38.4 Å². The van der Waals surface area contributed by atoms with E-state index in [9.17, 15) is 14.8 Å². The first kappa shape index (κ1) is 21.8. The molecule has 0 spiro atoms. The lowest BCUT2D eigenvalue weighted by Crippen LogP contribution is -2.08. The topological polar surface area (TPSA) is 70.5 Å². The zero-order chi connectivity index (χ0) is 24.3. The number of imidazole rings is 1. The van der Waals surface area contributed by atoms with Crippen molar-refractivity contribution in [3.05, 3.63) is 105 Å². The first-order chi connectivity index (χ1) is 17.0. The molecular weight excluding hydrogens is 465 g/mol. The van der Waals surface area contributed by atoms with Crippen LogP contribution in [-0.2, 0) is 6.61 Å². The van der Waals surface area contributed by atoms with Crippen LogP contribution in [0.2, 0.25) is 5.02 Å². The Hall–Kier alpha value is -3.66. The summed E-state index contributed by atoms with van der Waals surface area (Å²) in [5.74, 6) is 0.302. The van der Waals surface area contributed by atoms with Gasteiger partial charge >= 0.3 is 0 Å². The molecule has 4 aromatic rings. The van der Waals surface area contributed by atoms with Crippen LogP contribution in [0.25, 0.3) is 11.2 Å². The number of rotatable bonds is 3. The molecule has 2 aromatic heterocycles. The highest BCUT2D eigenvalue weighted by atomic mass is 35.5. The number of ether oxygens (including phenoxy) is 1. The van der Waals surface area contributed by atoms with Crippen molar-refractivity contribution in [3.8, 4) is 11.8 Å². The molecule has 2 aliphatic rings. The SMILES string of the molecule is CC(C#N)=C1c2ccc(C(O)c3c(C4CC4)nc4c(Cl)cccn34)cc2COc2cc(F)ccc21. The van der Waals surface area contributed by atoms with E-state index in [2.05, 4.69) is 6.07 Å². The lowest BCUT2D eigenvalue weighted by molar-refractivity contribution is 0.212. The average molecular weight is 486 g/mol. The molecule has 2 aromatic carbocycles. The number of fused-ring (bicyclic) bond motifs is 3. The minimum atomic E-state index is -0.933. The first-order valence-corrected chi connectivity index (χ1v) is 11.9. The van der Waals surface area contributed by atoms with E-state index in [1.54, 1.807) is 19.1 Å². The van der Waals surface area contributed by atoms with Gasteiger partial charge in [0.2, 0.25) is 0 Å². The van der Waals surface area contributed by atoms with E-state index in [-0.39, 0.29) is 6.61 Å². The van der Waals surface area contributed by atoms with Crippen molar-refractivity contribution in [2.24, 2.45) is 0 Å². The van der Waals surface area contributed by atoms with Gasteiger partial charge in [0.1, 0.15) is 24.3 Å². The molecule has 174 valence electrons. The number of benzene rings is 2. The number of aliphatic hydroxyl groups is 1. The standard InChI is InChI=1S/C28H21ClFN3O2/c1-15(13-31)24-20-8-6-17(11-18(20)14-35-23-12-19(30)7-9-21(23)24)27(34)26-25(16-4-5-16)32-28-22(29)3-2-10-33(26)28/h2-3,6-12,16,27,34H,4-5,14H2,1H3. The zero-order valence-electron chi connectivity index (χ0n) is 18.9. The van der Waals surface area contributed by atoms with Gasteiger partial charge in [-0.1, -0.05) is 23.7 Å². The molecule has 0 amide bonds. The summed E-state index contributed by atoms with van der Waals surface area (Å²) in [7, 11) is 0. The van der Waals surface area contributed by atoms with Crippen LogP contribution in [0.3, 0.4) is 0 Å². The maximum Gasteiger partial charge on any atom is 0.156 e. The lowest BCUT2D eigenvalue weighted by atomic mass is 9.89. The summed E-state index contributed by atoms with van der Waals surface area (Å²) in [5.41, 5.74) is 6.43. The van der Waals surface area contributed by atoms with Crippen molar-refractivity contribution in [2.75, 3.05) is 0 Å². The summed E-state index contributed by atoms with van der Waals surface area (Å²) in [6.45, 7) is 1.92. The van der Waals surface area contributed by atoms with E-state index in [1.165, 1.54) is 12.1 Å². The Labute approximate surface area is 206 Å². The quantitative estimate of drug-likeness (QED) is 0.344. The number of pyridine rings is 1. The number of allylic oxidation sites excluding steroid dienone is 1. The molecule has 1 fully saturated rings. The molecule has 1 atom stereocenters. The van der Waals surface area contributed by atoms with Crippen LogP contribution in [0.4, 0.5) is 4.39 Å². The maximum atomic E-state index is 13.9. The highest BCUT2D eigenvalue weighted by Crippen LogP contribution is 2.45. The average Bonchev–Trinajstić information content (AvgIpc) is 3.65. The molecule has 0 saturated heterocycles. The van der Waals surface area contributed by atoms with E-state index < -0.39 is 11.9 Å². The van der Waals surface area contributed by atoms with Crippen LogP contribution < -0.4 is 4.74 Å². The molecule has 1 unspecified atom stereocenters. The summed E-state index contributed by atoms with van der Waals surface area (Å²) in [5, 5.41) is 21.8. The molecule has 1 N–H and O–H groups in total. The van der Waals surface area contributed by atoms with Gasteiger partial charge < -0.3 is 9.84 Å². The van der Waals surface area contributed by atoms with Crippen LogP contribution in [0, 0.1) is 17.1 Å². The first-order valence-electron chi connectivity index (χ1n) is 11.5. The molecule has 0 radical (unpaired) electrons. The Kier molecular flexibility index (Phi) is 5.14. The molecule has 7 heteroatoms. The molecule has 1 aliphatic carbocycles. The Morgan fingerprint density at radius 2 is 2.03 bits per heavy atom. The normalized spacial score (nSPS) is 17.1. The summed E-state index contributed by atoms with van der Waals surface area (Å²) in [6.07, 6.45) is 3.01. The number of aromatic nitrogens is 2. The second-order valence-electron chi connectivity index (χ2n) is 9.07. The van der Waals surface area contributed by atoms with Gasteiger partial charge in [-0.05, 0) is 66.8 Å². The lowest BCUT2D eigenvalue weighted by Gasteiger charge is -2.17. The smallest absolute Gasteiger partial charge is 0.156 e. The predicted molar refractivity (Wildman–Crippen MR) is 131 cm³/mol. The van der Waals surface area contributed by atoms with Gasteiger partial charge in [-0.3, -0.25) is 4.40 Å². The van der Waals surface area contributed by atoms with Crippen molar-refractivity contribution in [1.82, 2.24) is 9.38 Å². The summed E-state index contributed by atoms with van der Waals surface area (Å²) < 4.78 is 21.8. The van der Waals surface area contributed by atoms with E-state index >= 15 is 0 Å². The minimum Gasteiger partial charge on any atom is -0.488 e. The van der Waals surface area contributed by atoms with Gasteiger partial charge in [0.25, 0.3) is 0 Å². The monoisotopic (exact) mass is 485 g/mol. The summed E-state index contributed by atoms with van der Waals surface area (Å²) in [6, 6.07) is 15.9. The number of nitrogens with zero attached hydrogens (tertiary/aromatic N) is 3. The van der Waals surface area contributed by atoms with Gasteiger partial charge in [-0.2, -0.15) is 5.26 Å². The van der Waals surface area contributed by atoms with Crippen LogP contribution in [0.5, 0.6) is 5.75 Å². The fraction of sp³-hybridized carbons (Fsp3) is 0.214. The third-order valence-corrected chi connectivity index (χ3v) is 7.04. The number of halogens is 2. The number of hydrogen-bond donors (Lipinski definition) is 1. The highest BCUT2D eigenvalue weighted by molar-refractivity contribution is 6.33. The van der Waals surface area contributed by atoms with Crippen LogP contribution in [0.15, 0.2) is 60.3 Å². The number of hydrogen-bond acceptors (Lipinski definition) is 4. The van der Waals surface area contributed by atoms with E-state index in [0.717, 1.165) is 29.7 Å². The number of nitriles is 1. The minimum absolute atomic E-state index is 0.184. The fourth-order valence-corrected chi connectivity index (χ4v) is 5.09. The summed E-state index contributed by atoms with van der Waals surface area (Å²) >= 11 is 6.41. The third-order valence-electron chi connectivity index (χ3n) is 6.74. The molecule has 1 saturated carbocycles. The van der Waals surface area contributed by atoms with Crippen LogP contribution >= 0.6 is 11.6 Å². The van der Waals surface area contributed by atoms with Crippen LogP contribution in [-0.4, -0.2) is 14.5 Å². The van der Waals surface area contributed by atoms with Crippen molar-refractivity contribution >= 4 is 22.8 Å². The van der Waals surface area contributed by atoms with Crippen molar-refractivity contribution in [1.29, 1.82) is 5.26 Å². The maximum absolute atomic E-state index is 13.9. The predicted octanol–water partition coefficient (Wildman–Crippen LogP) is 6.32. The van der Waals surface area contributed by atoms with Crippen molar-refractivity contribution in [3.63, 3.8) is 0 Å². The van der Waals surface area contributed by atoms with E-state index in [4.69, 9.17) is 21.3 Å². The molecule has 35 heavy (non-hydrogen) atoms. The van der Waals surface area contributed by atoms with Crippen LogP contribution in [0.1, 0.15) is 65.4 Å². The molecular formula is C28H21ClFN3O2. The van der Waals surface area contributed by atoms with Gasteiger partial charge in [-0.15, -0.1) is 0 Å². The largest absolute Gasteiger partial charge is 0.488 e. The van der Waals surface area contributed by atoms with Gasteiger partial charge in [0.05, 0.1) is 22.5 Å². The Morgan fingerprint density at radius 1 is 1.23 bits per heavy atom. The third kappa shape index (κ3) is 3.59. The summed E-state index contributed by atoms with van der Waals surface area (Å²) in [4.78, 5) is 4.77. The van der Waals surface area contributed by atoms with E-state index in [0.29, 0.717) is 50.3 Å². The molecule has 6 rings (SSSR count). The molecule has 1 aliphatic heterocycles. The molecule has 0 bridgehead atoms. The molecule has 3 heterocycles.